The van der Waals surface area contributed by atoms with Gasteiger partial charge >= 0.3 is 22.3 Å². The maximum atomic E-state index is 8.34. The van der Waals surface area contributed by atoms with E-state index in [4.69, 9.17) is 7.73 Å². The van der Waals surface area contributed by atoms with E-state index < -0.39 is 14.6 Å². The molecule has 0 saturated heterocycles. The topological polar surface area (TPSA) is 223 Å². The van der Waals surface area contributed by atoms with E-state index in [0.717, 1.165) is 0 Å². The van der Waals surface area contributed by atoms with Crippen LogP contribution in [0.15, 0.2) is 0 Å². The molecule has 9 heavy (non-hydrogen) atoms. The van der Waals surface area contributed by atoms with Crippen LogP contribution >= 0.6 is 0 Å². The first-order valence-corrected chi connectivity index (χ1v) is 1.12. The van der Waals surface area contributed by atoms with E-state index in [1.807, 2.05) is 0 Å². The molecule has 69 valence electrons. The zero-order valence-electron chi connectivity index (χ0n) is 4.15. The van der Waals surface area contributed by atoms with Gasteiger partial charge in [-0.1, -0.05) is 0 Å². The van der Waals surface area contributed by atoms with Gasteiger partial charge in [-0.15, -0.1) is 0 Å². The van der Waals surface area contributed by atoms with Crippen molar-refractivity contribution in [1.29, 1.82) is 0 Å². The Balaban J connectivity index is -0.00000000133. The second-order valence-corrected chi connectivity index (χ2v) is 0.229. The van der Waals surface area contributed by atoms with E-state index in [0.29, 0.717) is 0 Å². The summed E-state index contributed by atoms with van der Waals surface area (Å²) in [6.07, 6.45) is 0. The van der Waals surface area contributed by atoms with Crippen molar-refractivity contribution < 1.29 is 55.1 Å². The molecule has 9 heteroatoms. The van der Waals surface area contributed by atoms with Gasteiger partial charge in [0.25, 0.3) is 0 Å². The van der Waals surface area contributed by atoms with E-state index in [9.17, 15) is 0 Å². The van der Waals surface area contributed by atoms with Gasteiger partial charge in [-0.2, -0.15) is 0 Å². The Hall–Kier alpha value is -0.134. The standard InChI is InChI=1S/Co.6H2O.2O/h;6*1H2;;. The molecular weight excluding hydrogens is 187 g/mol. The van der Waals surface area contributed by atoms with E-state index in [-0.39, 0.29) is 32.9 Å². The molecule has 12 N–H and O–H groups in total. The minimum atomic E-state index is -1.06. The van der Waals surface area contributed by atoms with Crippen LogP contribution in [-0.2, 0) is 22.3 Å². The Labute approximate surface area is 56.1 Å². The minimum absolute atomic E-state index is 0. The van der Waals surface area contributed by atoms with E-state index in [2.05, 4.69) is 0 Å². The summed E-state index contributed by atoms with van der Waals surface area (Å²) in [6, 6.07) is 0. The molecule has 0 aromatic carbocycles. The summed E-state index contributed by atoms with van der Waals surface area (Å²) in [5, 5.41) is 0. The van der Waals surface area contributed by atoms with Crippen LogP contribution in [-0.4, -0.2) is 32.9 Å². The van der Waals surface area contributed by atoms with E-state index in [1.165, 1.54) is 0 Å². The number of rotatable bonds is 0. The van der Waals surface area contributed by atoms with Gasteiger partial charge in [0.1, 0.15) is 0 Å². The Morgan fingerprint density at radius 3 is 0.556 bits per heavy atom. The average molecular weight is 199 g/mol. The molecule has 0 aromatic heterocycles. The molecule has 0 fully saturated rings. The molecule has 0 atom stereocenters. The molecule has 0 radical (unpaired) electrons. The van der Waals surface area contributed by atoms with Crippen molar-refractivity contribution in [3.63, 3.8) is 0 Å². The van der Waals surface area contributed by atoms with Gasteiger partial charge < -0.3 is 32.9 Å². The number of hydrogen-bond acceptors (Lipinski definition) is 2. The monoisotopic (exact) mass is 199 g/mol. The summed E-state index contributed by atoms with van der Waals surface area (Å²) in [6.45, 7) is 0. The van der Waals surface area contributed by atoms with Crippen LogP contribution in [0.5, 0.6) is 0 Å². The van der Waals surface area contributed by atoms with Gasteiger partial charge in [-0.3, -0.25) is 0 Å². The van der Waals surface area contributed by atoms with Crippen molar-refractivity contribution in [3.05, 3.63) is 0 Å². The Morgan fingerprint density at radius 1 is 0.556 bits per heavy atom. The summed E-state index contributed by atoms with van der Waals surface area (Å²) in [4.78, 5) is 0. The molecule has 0 unspecified atom stereocenters. The zero-order valence-corrected chi connectivity index (χ0v) is 5.19. The summed E-state index contributed by atoms with van der Waals surface area (Å²) in [5.74, 6) is 0. The molecule has 0 aromatic rings. The van der Waals surface area contributed by atoms with Crippen molar-refractivity contribution in [2.75, 3.05) is 0 Å². The molecule has 0 spiro atoms. The van der Waals surface area contributed by atoms with Crippen molar-refractivity contribution in [2.45, 2.75) is 0 Å². The van der Waals surface area contributed by atoms with Gasteiger partial charge in [0.05, 0.1) is 0 Å². The molecule has 0 saturated carbocycles. The molecule has 0 heterocycles. The fourth-order valence-electron chi connectivity index (χ4n) is 0. The van der Waals surface area contributed by atoms with Crippen LogP contribution in [0.4, 0.5) is 0 Å². The van der Waals surface area contributed by atoms with Gasteiger partial charge in [0, 0.05) is 0 Å². The molecule has 8 nitrogen and oxygen atoms in total. The second-order valence-electron chi connectivity index (χ2n) is 0.0556. The van der Waals surface area contributed by atoms with Crippen molar-refractivity contribution in [2.24, 2.45) is 0 Å². The van der Waals surface area contributed by atoms with Crippen molar-refractivity contribution in [1.82, 2.24) is 0 Å². The molecule has 0 rings (SSSR count). The fourth-order valence-corrected chi connectivity index (χ4v) is 0. The maximum absolute atomic E-state index is 8.34. The van der Waals surface area contributed by atoms with E-state index in [1.54, 1.807) is 0 Å². The van der Waals surface area contributed by atoms with Crippen LogP contribution in [0.3, 0.4) is 0 Å². The van der Waals surface area contributed by atoms with Crippen molar-refractivity contribution in [3.8, 4) is 0 Å². The second kappa shape index (κ2) is 494. The van der Waals surface area contributed by atoms with Crippen LogP contribution in [0, 0.1) is 0 Å². The summed E-state index contributed by atoms with van der Waals surface area (Å²) in [5.41, 5.74) is 0. The summed E-state index contributed by atoms with van der Waals surface area (Å²) < 4.78 is 16.7. The molecule has 0 amide bonds. The van der Waals surface area contributed by atoms with E-state index >= 15 is 0 Å². The quantitative estimate of drug-likeness (QED) is 0.372. The first kappa shape index (κ1) is 157. The normalized spacial score (nSPS) is 1.78. The summed E-state index contributed by atoms with van der Waals surface area (Å²) in [7, 11) is 0. The van der Waals surface area contributed by atoms with Crippen LogP contribution < -0.4 is 0 Å². The molecule has 0 aliphatic carbocycles. The van der Waals surface area contributed by atoms with Gasteiger partial charge in [0.15, 0.2) is 0 Å². The third-order valence-corrected chi connectivity index (χ3v) is 0. The predicted molar refractivity (Wildman–Crippen MR) is 23.1 cm³/mol. The Morgan fingerprint density at radius 2 is 0.556 bits per heavy atom. The third kappa shape index (κ3) is 15200. The fraction of sp³-hybridized carbons (Fsp3) is 0. The molecule has 0 aliphatic heterocycles. The van der Waals surface area contributed by atoms with Crippen LogP contribution in [0.25, 0.3) is 0 Å². The van der Waals surface area contributed by atoms with Gasteiger partial charge in [0.2, 0.25) is 0 Å². The zero-order chi connectivity index (χ0) is 2.71. The Kier molecular flexibility index (Phi) is 8640. The predicted octanol–water partition coefficient (Wildman–Crippen LogP) is -5.19. The molecule has 0 aliphatic rings. The SMILES string of the molecule is O.O.O.O.O.O.[O]=[Co]=[O]. The first-order chi connectivity index (χ1) is 1.41. The molecular formula is H12CoO8. The van der Waals surface area contributed by atoms with Gasteiger partial charge in [-0.25, -0.2) is 0 Å². The van der Waals surface area contributed by atoms with Crippen LogP contribution in [0.1, 0.15) is 0 Å². The van der Waals surface area contributed by atoms with Crippen molar-refractivity contribution >= 4 is 0 Å². The van der Waals surface area contributed by atoms with Gasteiger partial charge in [-0.05, 0) is 0 Å². The average Bonchev–Trinajstić information content (AvgIpc) is 0.918. The number of hydrogen-bond donors (Lipinski definition) is 0. The Bertz CT molecular complexity index is 25.5. The summed E-state index contributed by atoms with van der Waals surface area (Å²) >= 11 is -1.06. The first-order valence-electron chi connectivity index (χ1n) is 0.272. The van der Waals surface area contributed by atoms with Crippen LogP contribution in [0.2, 0.25) is 0 Å². The third-order valence-electron chi connectivity index (χ3n) is 0. The molecule has 0 bridgehead atoms.